The fourth-order valence-corrected chi connectivity index (χ4v) is 5.16. The first-order chi connectivity index (χ1) is 21.3. The number of carbonyl (C=O) groups excluding carboxylic acids is 2. The molecule has 1 aliphatic rings. The highest BCUT2D eigenvalue weighted by molar-refractivity contribution is 5.94. The second-order valence-electron chi connectivity index (χ2n) is 12.4. The third-order valence-electron chi connectivity index (χ3n) is 7.45. The van der Waals surface area contributed by atoms with Gasteiger partial charge in [0.05, 0.1) is 42.2 Å². The number of nitrogens with one attached hydrogen (secondary N) is 2. The molecule has 0 bridgehead atoms. The number of carbonyl (C=O) groups is 2. The third kappa shape index (κ3) is 7.94. The van der Waals surface area contributed by atoms with Crippen molar-refractivity contribution in [1.29, 1.82) is 0 Å². The molecule has 0 saturated carbocycles. The number of nitrogens with zero attached hydrogens (tertiary/aromatic N) is 4. The number of aryl methyl sites for hydroxylation is 1. The zero-order valence-corrected chi connectivity index (χ0v) is 26.7. The maximum Gasteiger partial charge on any atom is 0.407 e. The van der Waals surface area contributed by atoms with Crippen molar-refractivity contribution in [1.82, 2.24) is 25.6 Å². The van der Waals surface area contributed by atoms with E-state index in [2.05, 4.69) is 27.1 Å². The maximum atomic E-state index is 13.2. The molecule has 1 saturated heterocycles. The summed E-state index contributed by atoms with van der Waals surface area (Å²) in [5, 5.41) is 6.64. The normalized spacial score (nSPS) is 15.0. The summed E-state index contributed by atoms with van der Waals surface area (Å²) in [4.78, 5) is 41.8. The van der Waals surface area contributed by atoms with Crippen molar-refractivity contribution in [2.45, 2.75) is 66.3 Å². The molecule has 1 fully saturated rings. The number of alkyl carbamates (subject to hydrolysis) is 1. The fourth-order valence-electron chi connectivity index (χ4n) is 5.16. The van der Waals surface area contributed by atoms with Crippen molar-refractivity contribution in [3.05, 3.63) is 95.0 Å². The summed E-state index contributed by atoms with van der Waals surface area (Å²) in [6.07, 6.45) is 1.30. The monoisotopic (exact) mass is 608 g/mol. The van der Waals surface area contributed by atoms with Crippen molar-refractivity contribution >= 4 is 28.7 Å². The van der Waals surface area contributed by atoms with Crippen molar-refractivity contribution in [3.63, 3.8) is 0 Å². The number of ether oxygens (including phenoxy) is 2. The van der Waals surface area contributed by atoms with Crippen LogP contribution >= 0.6 is 0 Å². The number of amides is 2. The van der Waals surface area contributed by atoms with E-state index >= 15 is 0 Å². The van der Waals surface area contributed by atoms with E-state index < -0.39 is 11.7 Å². The number of aromatic nitrogens is 3. The van der Waals surface area contributed by atoms with E-state index in [4.69, 9.17) is 19.4 Å². The predicted octanol–water partition coefficient (Wildman–Crippen LogP) is 6.00. The Kier molecular flexibility index (Phi) is 9.04. The lowest BCUT2D eigenvalue weighted by Gasteiger charge is -2.33. The Balaban J connectivity index is 1.28. The molecule has 234 valence electrons. The summed E-state index contributed by atoms with van der Waals surface area (Å²) >= 11 is 0. The highest BCUT2D eigenvalue weighted by Gasteiger charge is 2.22. The van der Waals surface area contributed by atoms with Gasteiger partial charge in [-0.3, -0.25) is 9.78 Å². The number of hydrogen-bond acceptors (Lipinski definition) is 8. The van der Waals surface area contributed by atoms with Gasteiger partial charge in [0, 0.05) is 23.7 Å². The Morgan fingerprint density at radius 2 is 1.82 bits per heavy atom. The zero-order valence-electron chi connectivity index (χ0n) is 26.7. The van der Waals surface area contributed by atoms with E-state index in [0.717, 1.165) is 57.1 Å². The van der Waals surface area contributed by atoms with E-state index in [1.165, 1.54) is 0 Å². The van der Waals surface area contributed by atoms with Crippen LogP contribution in [0.4, 0.5) is 10.6 Å². The molecule has 2 N–H and O–H groups in total. The van der Waals surface area contributed by atoms with Crippen LogP contribution < -0.4 is 15.5 Å². The standard InChI is InChI=1S/C35H40N6O4/c1-21-13-26(14-27(24(21)4)17-38-34(43)45-35(5,6)7)33(42)37-18-28-15-31-25(16-36-28)11-12-30(39-31)29-9-8-10-32(40-29)41-19-22(2)44-23(3)20-41/h8-16,23H,2,17-20H2,1,3-7H3,(H,37,42)(H,38,43)/t23-/m0/s1. The lowest BCUT2D eigenvalue weighted by Crippen LogP contribution is -2.40. The van der Waals surface area contributed by atoms with Crippen LogP contribution in [0.1, 0.15) is 60.4 Å². The number of pyridine rings is 3. The SMILES string of the molecule is C=C1CN(c2cccc(-c3ccc4cnc(CNC(=O)c5cc(C)c(C)c(CNC(=O)OC(C)(C)C)c5)cc4n3)n2)C[C@H](C)O1. The molecule has 3 aromatic heterocycles. The largest absolute Gasteiger partial charge is 0.492 e. The van der Waals surface area contributed by atoms with Crippen LogP contribution in [0.15, 0.2) is 67.1 Å². The minimum absolute atomic E-state index is 0.0418. The molecule has 4 heterocycles. The van der Waals surface area contributed by atoms with Gasteiger partial charge in [-0.05, 0) is 101 Å². The number of morpholine rings is 1. The van der Waals surface area contributed by atoms with Gasteiger partial charge in [-0.1, -0.05) is 12.6 Å². The molecule has 45 heavy (non-hydrogen) atoms. The lowest BCUT2D eigenvalue weighted by molar-refractivity contribution is 0.0523. The molecule has 2 amide bonds. The first-order valence-corrected chi connectivity index (χ1v) is 15.0. The minimum Gasteiger partial charge on any atom is -0.492 e. The van der Waals surface area contributed by atoms with Crippen molar-refractivity contribution in [2.24, 2.45) is 0 Å². The average Bonchev–Trinajstić information content (AvgIpc) is 2.98. The number of rotatable bonds is 7. The van der Waals surface area contributed by atoms with Gasteiger partial charge in [-0.25, -0.2) is 14.8 Å². The zero-order chi connectivity index (χ0) is 32.3. The van der Waals surface area contributed by atoms with Crippen LogP contribution in [0, 0.1) is 13.8 Å². The van der Waals surface area contributed by atoms with Crippen LogP contribution in [0.25, 0.3) is 22.3 Å². The molecule has 1 aliphatic heterocycles. The number of anilines is 1. The number of benzene rings is 1. The Morgan fingerprint density at radius 3 is 2.58 bits per heavy atom. The van der Waals surface area contributed by atoms with Crippen LogP contribution in [0.5, 0.6) is 0 Å². The maximum absolute atomic E-state index is 13.2. The summed E-state index contributed by atoms with van der Waals surface area (Å²) in [6, 6.07) is 15.3. The fraction of sp³-hybridized carbons (Fsp3) is 0.343. The second kappa shape index (κ2) is 12.9. The summed E-state index contributed by atoms with van der Waals surface area (Å²) in [7, 11) is 0. The molecular formula is C35H40N6O4. The highest BCUT2D eigenvalue weighted by Crippen LogP contribution is 2.25. The van der Waals surface area contributed by atoms with Gasteiger partial charge in [-0.2, -0.15) is 0 Å². The Bertz CT molecular complexity index is 1760. The number of fused-ring (bicyclic) bond motifs is 1. The van der Waals surface area contributed by atoms with Crippen LogP contribution in [0.3, 0.4) is 0 Å². The van der Waals surface area contributed by atoms with Gasteiger partial charge >= 0.3 is 6.09 Å². The minimum atomic E-state index is -0.592. The van der Waals surface area contributed by atoms with Crippen LogP contribution in [0.2, 0.25) is 0 Å². The van der Waals surface area contributed by atoms with E-state index in [-0.39, 0.29) is 25.1 Å². The van der Waals surface area contributed by atoms with E-state index in [1.54, 1.807) is 12.3 Å². The van der Waals surface area contributed by atoms with Gasteiger partial charge in [0.15, 0.2) is 0 Å². The van der Waals surface area contributed by atoms with Gasteiger partial charge in [0.2, 0.25) is 0 Å². The topological polar surface area (TPSA) is 119 Å². The summed E-state index contributed by atoms with van der Waals surface area (Å²) in [5.74, 6) is 1.34. The smallest absolute Gasteiger partial charge is 0.407 e. The molecule has 0 unspecified atom stereocenters. The predicted molar refractivity (Wildman–Crippen MR) is 175 cm³/mol. The molecule has 10 nitrogen and oxygen atoms in total. The van der Waals surface area contributed by atoms with E-state index in [1.807, 2.05) is 84.0 Å². The molecule has 1 aromatic carbocycles. The number of hydrogen-bond donors (Lipinski definition) is 2. The van der Waals surface area contributed by atoms with E-state index in [0.29, 0.717) is 17.8 Å². The third-order valence-corrected chi connectivity index (χ3v) is 7.45. The van der Waals surface area contributed by atoms with Crippen molar-refractivity contribution in [3.8, 4) is 11.4 Å². The molecule has 1 atom stereocenters. The first kappa shape index (κ1) is 31.4. The van der Waals surface area contributed by atoms with Crippen molar-refractivity contribution < 1.29 is 19.1 Å². The molecule has 4 aromatic rings. The summed E-state index contributed by atoms with van der Waals surface area (Å²) in [5.41, 5.74) is 5.66. The Hall–Kier alpha value is -4.99. The van der Waals surface area contributed by atoms with Gasteiger partial charge in [-0.15, -0.1) is 0 Å². The lowest BCUT2D eigenvalue weighted by atomic mass is 9.99. The van der Waals surface area contributed by atoms with Gasteiger partial charge in [0.25, 0.3) is 5.91 Å². The first-order valence-electron chi connectivity index (χ1n) is 15.0. The van der Waals surface area contributed by atoms with E-state index in [9.17, 15) is 9.59 Å². The van der Waals surface area contributed by atoms with Gasteiger partial charge in [0.1, 0.15) is 23.3 Å². The highest BCUT2D eigenvalue weighted by atomic mass is 16.6. The second-order valence-corrected chi connectivity index (χ2v) is 12.4. The summed E-state index contributed by atoms with van der Waals surface area (Å²) < 4.78 is 11.0. The Morgan fingerprint density at radius 1 is 1.04 bits per heavy atom. The molecule has 10 heteroatoms. The molecular weight excluding hydrogens is 568 g/mol. The molecule has 0 spiro atoms. The summed E-state index contributed by atoms with van der Waals surface area (Å²) in [6.45, 7) is 17.2. The average molecular weight is 609 g/mol. The van der Waals surface area contributed by atoms with Crippen molar-refractivity contribution in [2.75, 3.05) is 18.0 Å². The molecule has 0 radical (unpaired) electrons. The van der Waals surface area contributed by atoms with Gasteiger partial charge < -0.3 is 25.0 Å². The Labute approximate surface area is 263 Å². The molecule has 5 rings (SSSR count). The quantitative estimate of drug-likeness (QED) is 0.262. The van der Waals surface area contributed by atoms with Crippen LogP contribution in [-0.4, -0.2) is 51.7 Å². The van der Waals surface area contributed by atoms with Crippen LogP contribution in [-0.2, 0) is 22.6 Å². The molecule has 0 aliphatic carbocycles.